The highest BCUT2D eigenvalue weighted by atomic mass is 16.6. The summed E-state index contributed by atoms with van der Waals surface area (Å²) in [6, 6.07) is 7.84. The number of piperidine rings is 1. The molecule has 13 heteroatoms. The number of ether oxygens (including phenoxy) is 2. The first-order valence-electron chi connectivity index (χ1n) is 15.7. The van der Waals surface area contributed by atoms with E-state index in [0.29, 0.717) is 31.3 Å². The summed E-state index contributed by atoms with van der Waals surface area (Å²) in [5.74, 6) is 0.128. The van der Waals surface area contributed by atoms with E-state index in [0.717, 1.165) is 63.1 Å². The minimum Gasteiger partial charge on any atom is -0.454 e. The summed E-state index contributed by atoms with van der Waals surface area (Å²) in [5, 5.41) is 17.5. The normalized spacial score (nSPS) is 17.2. The second-order valence-corrected chi connectivity index (χ2v) is 11.2. The lowest BCUT2D eigenvalue weighted by atomic mass is 9.93. The monoisotopic (exact) mass is 611 g/mol. The highest BCUT2D eigenvalue weighted by Gasteiger charge is 2.32. The Bertz CT molecular complexity index is 1240. The molecule has 3 N–H and O–H groups in total. The van der Waals surface area contributed by atoms with E-state index in [4.69, 9.17) is 9.47 Å². The number of hydrogen-bond acceptors (Lipinski definition) is 9. The molecule has 1 unspecified atom stereocenters. The number of fused-ring (bicyclic) bond motifs is 1. The number of nitrogens with one attached hydrogen (secondary N) is 3. The maximum atomic E-state index is 13.4. The molecule has 1 fully saturated rings. The SMILES string of the molecule is CCN(CC)C(=O)COC(=O)[C@H](CNC(=O)C1CCCn2c(CCC3CCNCC3)nnc21)NC(=O)OCc1ccccc1. The van der Waals surface area contributed by atoms with Crippen LogP contribution in [-0.2, 0) is 43.4 Å². The number of carbonyl (C=O) groups is 4. The highest BCUT2D eigenvalue weighted by molar-refractivity contribution is 5.87. The molecule has 44 heavy (non-hydrogen) atoms. The van der Waals surface area contributed by atoms with Gasteiger partial charge in [-0.05, 0) is 70.5 Å². The molecule has 2 atom stereocenters. The molecule has 0 saturated carbocycles. The average Bonchev–Trinajstić information content (AvgIpc) is 3.48. The van der Waals surface area contributed by atoms with Gasteiger partial charge in [-0.1, -0.05) is 30.3 Å². The van der Waals surface area contributed by atoms with Crippen molar-refractivity contribution in [2.75, 3.05) is 39.3 Å². The lowest BCUT2D eigenvalue weighted by molar-refractivity contribution is -0.153. The Morgan fingerprint density at radius 1 is 1.05 bits per heavy atom. The molecule has 0 aliphatic carbocycles. The summed E-state index contributed by atoms with van der Waals surface area (Å²) in [4.78, 5) is 52.9. The summed E-state index contributed by atoms with van der Waals surface area (Å²) < 4.78 is 12.6. The Labute approximate surface area is 258 Å². The molecule has 0 bridgehead atoms. The molecule has 2 aliphatic rings. The summed E-state index contributed by atoms with van der Waals surface area (Å²) in [7, 11) is 0. The van der Waals surface area contributed by atoms with Gasteiger partial charge in [-0.25, -0.2) is 9.59 Å². The Kier molecular flexibility index (Phi) is 12.5. The van der Waals surface area contributed by atoms with Crippen molar-refractivity contribution in [1.29, 1.82) is 0 Å². The first kappa shape index (κ1) is 32.9. The smallest absolute Gasteiger partial charge is 0.408 e. The van der Waals surface area contributed by atoms with E-state index in [9.17, 15) is 19.2 Å². The number of nitrogens with zero attached hydrogens (tertiary/aromatic N) is 4. The molecule has 3 amide bonds. The van der Waals surface area contributed by atoms with Gasteiger partial charge in [0.1, 0.15) is 24.3 Å². The summed E-state index contributed by atoms with van der Waals surface area (Å²) >= 11 is 0. The lowest BCUT2D eigenvalue weighted by Crippen LogP contribution is -2.50. The second kappa shape index (κ2) is 16.7. The molecule has 0 radical (unpaired) electrons. The number of carbonyl (C=O) groups excluding carboxylic acids is 4. The molecule has 2 aromatic rings. The van der Waals surface area contributed by atoms with Crippen LogP contribution in [0.5, 0.6) is 0 Å². The maximum Gasteiger partial charge on any atom is 0.408 e. The summed E-state index contributed by atoms with van der Waals surface area (Å²) in [6.07, 6.45) is 4.73. The number of esters is 1. The largest absolute Gasteiger partial charge is 0.454 e. The van der Waals surface area contributed by atoms with Gasteiger partial charge >= 0.3 is 12.1 Å². The zero-order valence-electron chi connectivity index (χ0n) is 25.8. The third kappa shape index (κ3) is 9.25. The highest BCUT2D eigenvalue weighted by Crippen LogP contribution is 2.28. The van der Waals surface area contributed by atoms with Gasteiger partial charge in [-0.2, -0.15) is 0 Å². The molecular weight excluding hydrogens is 566 g/mol. The third-order valence-corrected chi connectivity index (χ3v) is 8.32. The van der Waals surface area contributed by atoms with Crippen LogP contribution in [0.4, 0.5) is 4.79 Å². The second-order valence-electron chi connectivity index (χ2n) is 11.2. The van der Waals surface area contributed by atoms with Crippen LogP contribution in [0.15, 0.2) is 30.3 Å². The van der Waals surface area contributed by atoms with E-state index < -0.39 is 30.6 Å². The molecule has 13 nitrogen and oxygen atoms in total. The van der Waals surface area contributed by atoms with Gasteiger partial charge in [0.2, 0.25) is 5.91 Å². The van der Waals surface area contributed by atoms with Gasteiger partial charge in [-0.3, -0.25) is 9.59 Å². The van der Waals surface area contributed by atoms with Crippen LogP contribution in [0.3, 0.4) is 0 Å². The fraction of sp³-hybridized carbons (Fsp3) is 0.613. The van der Waals surface area contributed by atoms with Crippen molar-refractivity contribution in [2.45, 2.75) is 77.5 Å². The van der Waals surface area contributed by atoms with Crippen molar-refractivity contribution < 1.29 is 28.7 Å². The van der Waals surface area contributed by atoms with Crippen LogP contribution in [0, 0.1) is 5.92 Å². The number of aryl methyl sites for hydroxylation is 1. The number of amides is 3. The van der Waals surface area contributed by atoms with E-state index in [2.05, 4.69) is 30.7 Å². The zero-order valence-corrected chi connectivity index (χ0v) is 25.8. The van der Waals surface area contributed by atoms with Crippen LogP contribution in [0.1, 0.15) is 69.1 Å². The molecular formula is C31H45N7O6. The van der Waals surface area contributed by atoms with Crippen LogP contribution < -0.4 is 16.0 Å². The molecule has 1 saturated heterocycles. The molecule has 1 aromatic carbocycles. The van der Waals surface area contributed by atoms with Crippen LogP contribution >= 0.6 is 0 Å². The predicted octanol–water partition coefficient (Wildman–Crippen LogP) is 1.91. The molecule has 4 rings (SSSR count). The zero-order chi connectivity index (χ0) is 31.3. The number of rotatable bonds is 14. The number of likely N-dealkylation sites (N-methyl/N-ethyl adjacent to an activating group) is 1. The van der Waals surface area contributed by atoms with Crippen molar-refractivity contribution in [3.05, 3.63) is 47.5 Å². The van der Waals surface area contributed by atoms with E-state index in [1.165, 1.54) is 4.90 Å². The minimum atomic E-state index is -1.27. The van der Waals surface area contributed by atoms with E-state index >= 15 is 0 Å². The standard InChI is InChI=1S/C31H45N7O6/c1-3-37(4-2)27(39)21-43-30(41)25(34-31(42)44-20-23-9-6-5-7-10-23)19-33-29(40)24-11-8-18-38-26(35-36-28(24)38)13-12-22-14-16-32-17-15-22/h5-7,9-10,22,24-25,32H,3-4,8,11-21H2,1-2H3,(H,33,40)(H,34,42)/t24?,25-/m0/s1. The number of benzene rings is 1. The first-order chi connectivity index (χ1) is 21.4. The average molecular weight is 612 g/mol. The number of aromatic nitrogens is 3. The minimum absolute atomic E-state index is 0.00104. The van der Waals surface area contributed by atoms with Gasteiger partial charge in [0.25, 0.3) is 5.91 Å². The summed E-state index contributed by atoms with van der Waals surface area (Å²) in [5.41, 5.74) is 0.774. The molecule has 2 aliphatic heterocycles. The van der Waals surface area contributed by atoms with E-state index in [1.807, 2.05) is 32.0 Å². The fourth-order valence-corrected chi connectivity index (χ4v) is 5.70. The van der Waals surface area contributed by atoms with Crippen molar-refractivity contribution in [3.63, 3.8) is 0 Å². The maximum absolute atomic E-state index is 13.4. The van der Waals surface area contributed by atoms with Crippen LogP contribution in [0.25, 0.3) is 0 Å². The predicted molar refractivity (Wildman–Crippen MR) is 161 cm³/mol. The third-order valence-electron chi connectivity index (χ3n) is 8.32. The van der Waals surface area contributed by atoms with Gasteiger partial charge in [0.05, 0.1) is 5.92 Å². The van der Waals surface area contributed by atoms with E-state index in [-0.39, 0.29) is 25.0 Å². The van der Waals surface area contributed by atoms with E-state index in [1.54, 1.807) is 12.1 Å². The van der Waals surface area contributed by atoms with Crippen molar-refractivity contribution in [3.8, 4) is 0 Å². The Balaban J connectivity index is 1.36. The van der Waals surface area contributed by atoms with Gasteiger partial charge in [-0.15, -0.1) is 10.2 Å². The Hall–Kier alpha value is -4.00. The Morgan fingerprint density at radius 2 is 1.80 bits per heavy atom. The lowest BCUT2D eigenvalue weighted by Gasteiger charge is -2.25. The van der Waals surface area contributed by atoms with Crippen LogP contribution in [0.2, 0.25) is 0 Å². The number of hydrogen-bond donors (Lipinski definition) is 3. The first-order valence-corrected chi connectivity index (χ1v) is 15.7. The fourth-order valence-electron chi connectivity index (χ4n) is 5.70. The molecule has 3 heterocycles. The number of alkyl carbamates (subject to hydrolysis) is 1. The molecule has 1 aromatic heterocycles. The van der Waals surface area contributed by atoms with Crippen molar-refractivity contribution >= 4 is 23.9 Å². The van der Waals surface area contributed by atoms with Crippen molar-refractivity contribution in [1.82, 2.24) is 35.6 Å². The molecule has 240 valence electrons. The Morgan fingerprint density at radius 3 is 2.52 bits per heavy atom. The molecule has 0 spiro atoms. The summed E-state index contributed by atoms with van der Waals surface area (Å²) in [6.45, 7) is 6.74. The topological polar surface area (TPSA) is 157 Å². The van der Waals surface area contributed by atoms with Crippen molar-refractivity contribution in [2.24, 2.45) is 5.92 Å². The van der Waals surface area contributed by atoms with Gasteiger partial charge < -0.3 is 34.9 Å². The van der Waals surface area contributed by atoms with Gasteiger partial charge in [0.15, 0.2) is 6.61 Å². The van der Waals surface area contributed by atoms with Crippen LogP contribution in [-0.4, -0.2) is 88.9 Å². The quantitative estimate of drug-likeness (QED) is 0.272. The van der Waals surface area contributed by atoms with Gasteiger partial charge in [0, 0.05) is 32.6 Å².